The fourth-order valence-corrected chi connectivity index (χ4v) is 2.73. The number of pyridine rings is 1. The number of hydrogen-bond donors (Lipinski definition) is 1. The Kier molecular flexibility index (Phi) is 3.22. The molecule has 2 aliphatic rings. The average molecular weight is 247 g/mol. The van der Waals surface area contributed by atoms with Crippen molar-refractivity contribution in [3.63, 3.8) is 0 Å². The second kappa shape index (κ2) is 4.86. The molecule has 4 nitrogen and oxygen atoms in total. The molecule has 4 heteroatoms. The molecular weight excluding hydrogens is 226 g/mol. The van der Waals surface area contributed by atoms with Crippen molar-refractivity contribution in [1.29, 1.82) is 0 Å². The molecule has 0 radical (unpaired) electrons. The van der Waals surface area contributed by atoms with Gasteiger partial charge in [-0.15, -0.1) is 0 Å². The first-order valence-corrected chi connectivity index (χ1v) is 6.83. The Balaban J connectivity index is 1.69. The third kappa shape index (κ3) is 2.49. The largest absolute Gasteiger partial charge is 0.392 e. The summed E-state index contributed by atoms with van der Waals surface area (Å²) in [7, 11) is 0. The van der Waals surface area contributed by atoms with E-state index in [0.29, 0.717) is 0 Å². The van der Waals surface area contributed by atoms with Gasteiger partial charge in [-0.2, -0.15) is 0 Å². The summed E-state index contributed by atoms with van der Waals surface area (Å²) >= 11 is 0. The molecule has 0 bridgehead atoms. The summed E-state index contributed by atoms with van der Waals surface area (Å²) in [6.45, 7) is 6.49. The summed E-state index contributed by atoms with van der Waals surface area (Å²) in [4.78, 5) is 9.52. The van der Waals surface area contributed by atoms with Crippen LogP contribution in [-0.2, 0) is 6.61 Å². The molecular formula is C14H21N3O. The predicted molar refractivity (Wildman–Crippen MR) is 71.7 cm³/mol. The molecule has 18 heavy (non-hydrogen) atoms. The standard InChI is InChI=1S/C14H21N3O/c1-11-8-12(10-18)9-14(15-11)17-6-4-16(5-7-17)13-2-3-13/h8-9,13,18H,2-7,10H2,1H3. The van der Waals surface area contributed by atoms with Crippen LogP contribution < -0.4 is 4.90 Å². The fraction of sp³-hybridized carbons (Fsp3) is 0.643. The number of hydrogen-bond acceptors (Lipinski definition) is 4. The molecule has 0 amide bonds. The zero-order valence-corrected chi connectivity index (χ0v) is 11.0. The number of nitrogens with zero attached hydrogens (tertiary/aromatic N) is 3. The van der Waals surface area contributed by atoms with Gasteiger partial charge in [0.15, 0.2) is 0 Å². The topological polar surface area (TPSA) is 39.6 Å². The molecule has 2 heterocycles. The van der Waals surface area contributed by atoms with Crippen LogP contribution >= 0.6 is 0 Å². The highest BCUT2D eigenvalue weighted by Crippen LogP contribution is 2.28. The number of aromatic nitrogens is 1. The lowest BCUT2D eigenvalue weighted by Gasteiger charge is -2.35. The summed E-state index contributed by atoms with van der Waals surface area (Å²) in [6, 6.07) is 4.83. The summed E-state index contributed by atoms with van der Waals surface area (Å²) in [6.07, 6.45) is 2.77. The third-order valence-electron chi connectivity index (χ3n) is 3.88. The highest BCUT2D eigenvalue weighted by molar-refractivity contribution is 5.43. The van der Waals surface area contributed by atoms with Crippen LogP contribution in [0.3, 0.4) is 0 Å². The number of aliphatic hydroxyl groups is 1. The molecule has 0 unspecified atom stereocenters. The van der Waals surface area contributed by atoms with Gasteiger partial charge in [-0.25, -0.2) is 4.98 Å². The van der Waals surface area contributed by atoms with Crippen molar-refractivity contribution >= 4 is 5.82 Å². The average Bonchev–Trinajstić information content (AvgIpc) is 3.22. The maximum absolute atomic E-state index is 9.25. The summed E-state index contributed by atoms with van der Waals surface area (Å²) in [5.74, 6) is 1.02. The van der Waals surface area contributed by atoms with E-state index in [-0.39, 0.29) is 6.61 Å². The van der Waals surface area contributed by atoms with Crippen LogP contribution in [0.1, 0.15) is 24.1 Å². The van der Waals surface area contributed by atoms with Gasteiger partial charge in [0.25, 0.3) is 0 Å². The van der Waals surface area contributed by atoms with E-state index < -0.39 is 0 Å². The highest BCUT2D eigenvalue weighted by atomic mass is 16.3. The van der Waals surface area contributed by atoms with Crippen LogP contribution in [0.2, 0.25) is 0 Å². The second-order valence-corrected chi connectivity index (χ2v) is 5.39. The Bertz CT molecular complexity index is 423. The highest BCUT2D eigenvalue weighted by Gasteiger charge is 2.31. The maximum Gasteiger partial charge on any atom is 0.129 e. The van der Waals surface area contributed by atoms with Crippen LogP contribution in [-0.4, -0.2) is 47.2 Å². The van der Waals surface area contributed by atoms with Crippen LogP contribution in [0.4, 0.5) is 5.82 Å². The Morgan fingerprint density at radius 2 is 1.94 bits per heavy atom. The molecule has 2 fully saturated rings. The molecule has 1 saturated carbocycles. The number of rotatable bonds is 3. The number of anilines is 1. The zero-order chi connectivity index (χ0) is 12.5. The number of piperazine rings is 1. The van der Waals surface area contributed by atoms with Gasteiger partial charge in [-0.3, -0.25) is 4.90 Å². The van der Waals surface area contributed by atoms with Gasteiger partial charge in [0.1, 0.15) is 5.82 Å². The van der Waals surface area contributed by atoms with E-state index in [1.807, 2.05) is 19.1 Å². The quantitative estimate of drug-likeness (QED) is 0.870. The minimum absolute atomic E-state index is 0.0956. The van der Waals surface area contributed by atoms with Gasteiger partial charge >= 0.3 is 0 Å². The van der Waals surface area contributed by atoms with Crippen molar-refractivity contribution in [2.45, 2.75) is 32.4 Å². The first-order chi connectivity index (χ1) is 8.76. The number of aryl methyl sites for hydroxylation is 1. The fourth-order valence-electron chi connectivity index (χ4n) is 2.73. The number of aliphatic hydroxyl groups excluding tert-OH is 1. The lowest BCUT2D eigenvalue weighted by Crippen LogP contribution is -2.47. The molecule has 0 aromatic carbocycles. The molecule has 98 valence electrons. The van der Waals surface area contributed by atoms with Crippen molar-refractivity contribution in [2.24, 2.45) is 0 Å². The summed E-state index contributed by atoms with van der Waals surface area (Å²) < 4.78 is 0. The van der Waals surface area contributed by atoms with Gasteiger partial charge < -0.3 is 10.0 Å². The Labute approximate surface area is 108 Å². The molecule has 3 rings (SSSR count). The van der Waals surface area contributed by atoms with Crippen molar-refractivity contribution < 1.29 is 5.11 Å². The van der Waals surface area contributed by atoms with E-state index in [2.05, 4.69) is 14.8 Å². The van der Waals surface area contributed by atoms with Crippen LogP contribution in [0, 0.1) is 6.92 Å². The van der Waals surface area contributed by atoms with Gasteiger partial charge in [0, 0.05) is 37.9 Å². The second-order valence-electron chi connectivity index (χ2n) is 5.39. The molecule has 1 saturated heterocycles. The van der Waals surface area contributed by atoms with E-state index in [9.17, 15) is 5.11 Å². The third-order valence-corrected chi connectivity index (χ3v) is 3.88. The lowest BCUT2D eigenvalue weighted by molar-refractivity contribution is 0.247. The first-order valence-electron chi connectivity index (χ1n) is 6.83. The molecule has 1 N–H and O–H groups in total. The van der Waals surface area contributed by atoms with Gasteiger partial charge in [0.05, 0.1) is 6.61 Å². The lowest BCUT2D eigenvalue weighted by atomic mass is 10.2. The SMILES string of the molecule is Cc1cc(CO)cc(N2CCN(C3CC3)CC2)n1. The summed E-state index contributed by atoms with van der Waals surface area (Å²) in [5, 5.41) is 9.25. The maximum atomic E-state index is 9.25. The van der Waals surface area contributed by atoms with Gasteiger partial charge in [-0.05, 0) is 37.5 Å². The molecule has 0 spiro atoms. The normalized spacial score (nSPS) is 21.3. The van der Waals surface area contributed by atoms with Crippen molar-refractivity contribution in [1.82, 2.24) is 9.88 Å². The van der Waals surface area contributed by atoms with Crippen LogP contribution in [0.25, 0.3) is 0 Å². The molecule has 1 aliphatic carbocycles. The molecule has 1 aromatic heterocycles. The van der Waals surface area contributed by atoms with Gasteiger partial charge in [-0.1, -0.05) is 0 Å². The van der Waals surface area contributed by atoms with E-state index in [1.54, 1.807) is 0 Å². The summed E-state index contributed by atoms with van der Waals surface area (Å²) in [5.41, 5.74) is 1.95. The molecule has 0 atom stereocenters. The predicted octanol–water partition coefficient (Wildman–Crippen LogP) is 1.17. The first kappa shape index (κ1) is 11.9. The smallest absolute Gasteiger partial charge is 0.129 e. The van der Waals surface area contributed by atoms with Crippen molar-refractivity contribution in [2.75, 3.05) is 31.1 Å². The van der Waals surface area contributed by atoms with Crippen LogP contribution in [0.15, 0.2) is 12.1 Å². The van der Waals surface area contributed by atoms with E-state index in [0.717, 1.165) is 49.3 Å². The van der Waals surface area contributed by atoms with E-state index >= 15 is 0 Å². The Hall–Kier alpha value is -1.13. The van der Waals surface area contributed by atoms with E-state index in [1.165, 1.54) is 12.8 Å². The molecule has 1 aliphatic heterocycles. The van der Waals surface area contributed by atoms with Crippen molar-refractivity contribution in [3.05, 3.63) is 23.4 Å². The van der Waals surface area contributed by atoms with Crippen molar-refractivity contribution in [3.8, 4) is 0 Å². The minimum atomic E-state index is 0.0956. The monoisotopic (exact) mass is 247 g/mol. The molecule has 1 aromatic rings. The Morgan fingerprint density at radius 1 is 1.22 bits per heavy atom. The van der Waals surface area contributed by atoms with Gasteiger partial charge in [0.2, 0.25) is 0 Å². The van der Waals surface area contributed by atoms with E-state index in [4.69, 9.17) is 0 Å². The minimum Gasteiger partial charge on any atom is -0.392 e. The Morgan fingerprint density at radius 3 is 2.56 bits per heavy atom. The zero-order valence-electron chi connectivity index (χ0n) is 11.0. The van der Waals surface area contributed by atoms with Crippen LogP contribution in [0.5, 0.6) is 0 Å².